The van der Waals surface area contributed by atoms with Crippen LogP contribution in [0.25, 0.3) is 0 Å². The first-order valence-corrected chi connectivity index (χ1v) is 12.1. The zero-order valence-electron chi connectivity index (χ0n) is 15.8. The molecule has 1 heterocycles. The number of anilines is 1. The number of hydrogen-bond acceptors (Lipinski definition) is 4. The Morgan fingerprint density at radius 2 is 1.86 bits per heavy atom. The molecule has 5 nitrogen and oxygen atoms in total. The van der Waals surface area contributed by atoms with Crippen LogP contribution in [-0.4, -0.2) is 38.0 Å². The monoisotopic (exact) mass is 438 g/mol. The minimum atomic E-state index is -3.65. The summed E-state index contributed by atoms with van der Waals surface area (Å²) in [5.41, 5.74) is 0.804. The Balaban J connectivity index is 1.88. The first kappa shape index (κ1) is 21.2. The summed E-state index contributed by atoms with van der Waals surface area (Å²) in [7, 11) is -3.65. The number of nitrogens with one attached hydrogen (secondary N) is 1. The van der Waals surface area contributed by atoms with Gasteiger partial charge < -0.3 is 5.32 Å². The summed E-state index contributed by atoms with van der Waals surface area (Å²) in [4.78, 5) is 13.8. The van der Waals surface area contributed by atoms with Gasteiger partial charge in [0.25, 0.3) is 5.91 Å². The second kappa shape index (κ2) is 8.86. The molecule has 0 spiro atoms. The quantitative estimate of drug-likeness (QED) is 0.685. The number of thioether (sulfide) groups is 1. The molecule has 2 aromatic rings. The molecule has 150 valence electrons. The van der Waals surface area contributed by atoms with Crippen molar-refractivity contribution in [1.82, 2.24) is 4.31 Å². The second-order valence-corrected chi connectivity index (χ2v) is 10.1. The van der Waals surface area contributed by atoms with Crippen molar-refractivity contribution in [3.63, 3.8) is 0 Å². The van der Waals surface area contributed by atoms with Crippen LogP contribution >= 0.6 is 23.4 Å². The number of amides is 1. The molecule has 2 aromatic carbocycles. The molecule has 8 heteroatoms. The van der Waals surface area contributed by atoms with Crippen LogP contribution in [0.3, 0.4) is 0 Å². The van der Waals surface area contributed by atoms with Gasteiger partial charge in [0.2, 0.25) is 10.0 Å². The van der Waals surface area contributed by atoms with E-state index in [9.17, 15) is 13.2 Å². The summed E-state index contributed by atoms with van der Waals surface area (Å²) in [6.07, 6.45) is 3.60. The fraction of sp³-hybridized carbons (Fsp3) is 0.350. The molecule has 1 N–H and O–H groups in total. The number of benzene rings is 2. The summed E-state index contributed by atoms with van der Waals surface area (Å²) in [5.74, 6) is 0.0883. The topological polar surface area (TPSA) is 66.5 Å². The minimum Gasteiger partial charge on any atom is -0.321 e. The van der Waals surface area contributed by atoms with Crippen molar-refractivity contribution >= 4 is 45.0 Å². The minimum absolute atomic E-state index is 0.0924. The van der Waals surface area contributed by atoms with E-state index in [2.05, 4.69) is 12.2 Å². The SMILES string of the molecule is CSc1ccccc1NC(=O)c1cc(S(=O)(=O)N2CCC(C)CC2)ccc1Cl. The van der Waals surface area contributed by atoms with Crippen molar-refractivity contribution < 1.29 is 13.2 Å². The number of carbonyl (C=O) groups is 1. The van der Waals surface area contributed by atoms with E-state index in [1.807, 2.05) is 24.5 Å². The van der Waals surface area contributed by atoms with Gasteiger partial charge in [-0.2, -0.15) is 4.31 Å². The van der Waals surface area contributed by atoms with E-state index in [4.69, 9.17) is 11.6 Å². The lowest BCUT2D eigenvalue weighted by Gasteiger charge is -2.29. The Bertz CT molecular complexity index is 971. The van der Waals surface area contributed by atoms with Crippen LogP contribution in [0, 0.1) is 5.92 Å². The number of hydrogen-bond donors (Lipinski definition) is 1. The van der Waals surface area contributed by atoms with Gasteiger partial charge in [-0.15, -0.1) is 11.8 Å². The Hall–Kier alpha value is -1.54. The van der Waals surface area contributed by atoms with Crippen molar-refractivity contribution in [2.75, 3.05) is 24.7 Å². The third-order valence-corrected chi connectivity index (χ3v) is 7.94. The molecule has 0 aromatic heterocycles. The van der Waals surface area contributed by atoms with E-state index in [0.29, 0.717) is 24.7 Å². The fourth-order valence-corrected chi connectivity index (χ4v) is 5.40. The van der Waals surface area contributed by atoms with E-state index >= 15 is 0 Å². The Labute approximate surface area is 175 Å². The third kappa shape index (κ3) is 4.54. The molecule has 1 aliphatic rings. The van der Waals surface area contributed by atoms with E-state index < -0.39 is 15.9 Å². The lowest BCUT2D eigenvalue weighted by atomic mass is 10.0. The van der Waals surface area contributed by atoms with Gasteiger partial charge in [0, 0.05) is 18.0 Å². The molecular formula is C20H23ClN2O3S2. The molecule has 3 rings (SSSR count). The lowest BCUT2D eigenvalue weighted by Crippen LogP contribution is -2.37. The van der Waals surface area contributed by atoms with Crippen molar-refractivity contribution in [3.05, 3.63) is 53.1 Å². The molecule has 1 saturated heterocycles. The number of para-hydroxylation sites is 1. The predicted molar refractivity (Wildman–Crippen MR) is 115 cm³/mol. The van der Waals surface area contributed by atoms with Crippen molar-refractivity contribution in [1.29, 1.82) is 0 Å². The maximum Gasteiger partial charge on any atom is 0.257 e. The number of piperidine rings is 1. The van der Waals surface area contributed by atoms with Crippen molar-refractivity contribution in [2.24, 2.45) is 5.92 Å². The summed E-state index contributed by atoms with van der Waals surface area (Å²) in [6.45, 7) is 3.12. The average molecular weight is 439 g/mol. The highest BCUT2D eigenvalue weighted by molar-refractivity contribution is 7.98. The van der Waals surface area contributed by atoms with Gasteiger partial charge in [-0.3, -0.25) is 4.79 Å². The van der Waals surface area contributed by atoms with Crippen molar-refractivity contribution in [2.45, 2.75) is 29.6 Å². The number of rotatable bonds is 5. The summed E-state index contributed by atoms with van der Waals surface area (Å²) < 4.78 is 27.5. The van der Waals surface area contributed by atoms with Gasteiger partial charge in [0.15, 0.2) is 0 Å². The van der Waals surface area contributed by atoms with Crippen molar-refractivity contribution in [3.8, 4) is 0 Å². The highest BCUT2D eigenvalue weighted by Crippen LogP contribution is 2.29. The summed E-state index contributed by atoms with van der Waals surface area (Å²) in [6, 6.07) is 11.7. The van der Waals surface area contributed by atoms with Crippen LogP contribution in [0.4, 0.5) is 5.69 Å². The Morgan fingerprint density at radius 3 is 2.54 bits per heavy atom. The normalized spacial score (nSPS) is 16.1. The summed E-state index contributed by atoms with van der Waals surface area (Å²) in [5, 5.41) is 3.04. The molecule has 0 saturated carbocycles. The molecule has 0 unspecified atom stereocenters. The van der Waals surface area contributed by atoms with Crippen LogP contribution in [0.15, 0.2) is 52.3 Å². The van der Waals surface area contributed by atoms with E-state index in [0.717, 1.165) is 17.7 Å². The molecule has 0 bridgehead atoms. The zero-order chi connectivity index (χ0) is 20.3. The average Bonchev–Trinajstić information content (AvgIpc) is 2.68. The zero-order valence-corrected chi connectivity index (χ0v) is 18.2. The molecule has 1 aliphatic heterocycles. The second-order valence-electron chi connectivity index (χ2n) is 6.88. The number of carbonyl (C=O) groups excluding carboxylic acids is 1. The molecule has 28 heavy (non-hydrogen) atoms. The molecule has 1 fully saturated rings. The van der Waals surface area contributed by atoms with Gasteiger partial charge in [0.1, 0.15) is 0 Å². The van der Waals surface area contributed by atoms with Crippen LogP contribution < -0.4 is 5.32 Å². The largest absolute Gasteiger partial charge is 0.321 e. The number of nitrogens with zero attached hydrogens (tertiary/aromatic N) is 1. The van der Waals surface area contributed by atoms with Gasteiger partial charge >= 0.3 is 0 Å². The highest BCUT2D eigenvalue weighted by atomic mass is 35.5. The van der Waals surface area contributed by atoms with Gasteiger partial charge in [-0.05, 0) is 55.3 Å². The fourth-order valence-electron chi connectivity index (χ4n) is 3.15. The van der Waals surface area contributed by atoms with Crippen LogP contribution in [-0.2, 0) is 10.0 Å². The third-order valence-electron chi connectivity index (χ3n) is 4.92. The van der Waals surface area contributed by atoms with Gasteiger partial charge in [-0.1, -0.05) is 30.7 Å². The smallest absolute Gasteiger partial charge is 0.257 e. The van der Waals surface area contributed by atoms with Gasteiger partial charge in [0.05, 0.1) is 21.2 Å². The molecule has 0 aliphatic carbocycles. The van der Waals surface area contributed by atoms with Crippen LogP contribution in [0.2, 0.25) is 5.02 Å². The molecule has 0 radical (unpaired) electrons. The number of sulfonamides is 1. The predicted octanol–water partition coefficient (Wildman–Crippen LogP) is 4.73. The molecule has 1 amide bonds. The first-order valence-electron chi connectivity index (χ1n) is 9.07. The Kier molecular flexibility index (Phi) is 6.70. The lowest BCUT2D eigenvalue weighted by molar-refractivity contribution is 0.102. The maximum absolute atomic E-state index is 13.0. The van der Waals surface area contributed by atoms with Crippen LogP contribution in [0.5, 0.6) is 0 Å². The van der Waals surface area contributed by atoms with Crippen LogP contribution in [0.1, 0.15) is 30.1 Å². The highest BCUT2D eigenvalue weighted by Gasteiger charge is 2.29. The Morgan fingerprint density at radius 1 is 1.18 bits per heavy atom. The molecular weight excluding hydrogens is 416 g/mol. The van der Waals surface area contributed by atoms with E-state index in [1.54, 1.807) is 6.07 Å². The van der Waals surface area contributed by atoms with E-state index in [1.165, 1.54) is 34.3 Å². The van der Waals surface area contributed by atoms with Gasteiger partial charge in [-0.25, -0.2) is 8.42 Å². The summed E-state index contributed by atoms with van der Waals surface area (Å²) >= 11 is 7.72. The first-order chi connectivity index (χ1) is 13.3. The maximum atomic E-state index is 13.0. The standard InChI is InChI=1S/C20H23ClN2O3S2/c1-14-9-11-23(12-10-14)28(25,26)15-7-8-17(21)16(13-15)20(24)22-18-5-3-4-6-19(18)27-2/h3-8,13-14H,9-12H2,1-2H3,(H,22,24). The molecule has 0 atom stereocenters. The number of halogens is 1. The van der Waals surface area contributed by atoms with E-state index in [-0.39, 0.29) is 15.5 Å².